The molecule has 0 bridgehead atoms. The minimum Gasteiger partial charge on any atom is -0.164 e. The van der Waals surface area contributed by atoms with Crippen LogP contribution in [0.2, 0.25) is 0 Å². The molecule has 4 nitrogen and oxygen atoms in total. The molecule has 0 radical (unpaired) electrons. The molecule has 2 aromatic rings. The van der Waals surface area contributed by atoms with Gasteiger partial charge in [-0.25, -0.2) is 0 Å². The third-order valence-corrected chi connectivity index (χ3v) is 3.74. The Labute approximate surface area is 116 Å². The first-order valence-electron chi connectivity index (χ1n) is 6.22. The summed E-state index contributed by atoms with van der Waals surface area (Å²) >= 11 is 3.54. The van der Waals surface area contributed by atoms with Crippen LogP contribution < -0.4 is 0 Å². The fraction of sp³-hybridized carbons (Fsp3) is 0.462. The van der Waals surface area contributed by atoms with Crippen LogP contribution in [0.3, 0.4) is 0 Å². The molecule has 0 saturated carbocycles. The lowest BCUT2D eigenvalue weighted by Crippen LogP contribution is -2.14. The van der Waals surface area contributed by atoms with Crippen molar-refractivity contribution in [2.45, 2.75) is 26.3 Å². The molecule has 0 aliphatic heterocycles. The molecule has 0 fully saturated rings. The van der Waals surface area contributed by atoms with E-state index in [9.17, 15) is 0 Å². The van der Waals surface area contributed by atoms with E-state index < -0.39 is 0 Å². The molecule has 96 valence electrons. The van der Waals surface area contributed by atoms with Gasteiger partial charge in [-0.05, 0) is 17.6 Å². The number of halogens is 1. The first kappa shape index (κ1) is 13.2. The number of nitrogens with zero attached hydrogens (tertiary/aromatic N) is 4. The zero-order chi connectivity index (χ0) is 12.8. The third kappa shape index (κ3) is 3.38. The third-order valence-electron chi connectivity index (χ3n) is 2.82. The minimum absolute atomic E-state index is 0.563. The molecule has 0 amide bonds. The highest BCUT2D eigenvalue weighted by Gasteiger charge is 2.10. The monoisotopic (exact) mass is 308 g/mol. The summed E-state index contributed by atoms with van der Waals surface area (Å²) in [7, 11) is 0. The Balaban J connectivity index is 2.06. The average Bonchev–Trinajstić information content (AvgIpc) is 2.88. The molecule has 5 heteroatoms. The maximum absolute atomic E-state index is 4.42. The van der Waals surface area contributed by atoms with E-state index in [1.807, 2.05) is 30.3 Å². The van der Waals surface area contributed by atoms with Crippen LogP contribution in [0, 0.1) is 5.92 Å². The van der Waals surface area contributed by atoms with Crippen molar-refractivity contribution in [1.82, 2.24) is 20.2 Å². The highest BCUT2D eigenvalue weighted by atomic mass is 79.9. The van der Waals surface area contributed by atoms with Gasteiger partial charge in [0.2, 0.25) is 5.82 Å². The van der Waals surface area contributed by atoms with Crippen molar-refractivity contribution in [3.05, 3.63) is 30.3 Å². The Morgan fingerprint density at radius 2 is 2.06 bits per heavy atom. The Morgan fingerprint density at radius 3 is 2.72 bits per heavy atom. The van der Waals surface area contributed by atoms with Crippen LogP contribution in [0.1, 0.15) is 19.8 Å². The van der Waals surface area contributed by atoms with Crippen LogP contribution in [-0.4, -0.2) is 25.5 Å². The van der Waals surface area contributed by atoms with Crippen LogP contribution in [0.4, 0.5) is 0 Å². The number of tetrazole rings is 1. The highest BCUT2D eigenvalue weighted by molar-refractivity contribution is 9.09. The number of aromatic nitrogens is 4. The molecule has 0 N–H and O–H groups in total. The minimum atomic E-state index is 0.563. The molecule has 0 saturated heterocycles. The van der Waals surface area contributed by atoms with Gasteiger partial charge in [0.25, 0.3) is 0 Å². The van der Waals surface area contributed by atoms with E-state index in [1.165, 1.54) is 12.8 Å². The highest BCUT2D eigenvalue weighted by Crippen LogP contribution is 2.14. The van der Waals surface area contributed by atoms with Crippen LogP contribution in [0.25, 0.3) is 11.4 Å². The van der Waals surface area contributed by atoms with Gasteiger partial charge in [-0.3, -0.25) is 0 Å². The Bertz CT molecular complexity index is 469. The average molecular weight is 309 g/mol. The fourth-order valence-corrected chi connectivity index (χ4v) is 2.41. The first-order chi connectivity index (χ1) is 8.83. The van der Waals surface area contributed by atoms with Gasteiger partial charge in [-0.2, -0.15) is 4.80 Å². The molecule has 1 atom stereocenters. The van der Waals surface area contributed by atoms with E-state index in [4.69, 9.17) is 0 Å². The van der Waals surface area contributed by atoms with Gasteiger partial charge in [-0.1, -0.05) is 59.6 Å². The standard InChI is InChI=1S/C13H17BrN4/c1-2-6-11(9-14)10-18-16-13(15-17-18)12-7-4-3-5-8-12/h3-5,7-8,11H,2,6,9-10H2,1H3. The predicted octanol–water partition coefficient (Wildman–Crippen LogP) is 3.15. The summed E-state index contributed by atoms with van der Waals surface area (Å²) in [5.74, 6) is 1.26. The van der Waals surface area contributed by atoms with Crippen LogP contribution in [0.5, 0.6) is 0 Å². The summed E-state index contributed by atoms with van der Waals surface area (Å²) in [5, 5.41) is 13.6. The molecule has 1 heterocycles. The molecule has 0 spiro atoms. The second-order valence-electron chi connectivity index (χ2n) is 4.34. The summed E-state index contributed by atoms with van der Waals surface area (Å²) in [6.07, 6.45) is 2.35. The number of hydrogen-bond donors (Lipinski definition) is 0. The van der Waals surface area contributed by atoms with Crippen molar-refractivity contribution in [3.63, 3.8) is 0 Å². The van der Waals surface area contributed by atoms with E-state index in [1.54, 1.807) is 4.80 Å². The van der Waals surface area contributed by atoms with Crippen molar-refractivity contribution >= 4 is 15.9 Å². The summed E-state index contributed by atoms with van der Waals surface area (Å²) < 4.78 is 0. The fourth-order valence-electron chi connectivity index (χ4n) is 1.88. The van der Waals surface area contributed by atoms with Gasteiger partial charge in [0.15, 0.2) is 0 Å². The number of benzene rings is 1. The molecular weight excluding hydrogens is 292 g/mol. The van der Waals surface area contributed by atoms with E-state index in [0.717, 1.165) is 17.4 Å². The van der Waals surface area contributed by atoms with Crippen molar-refractivity contribution in [3.8, 4) is 11.4 Å². The topological polar surface area (TPSA) is 43.6 Å². The maximum Gasteiger partial charge on any atom is 0.204 e. The molecule has 2 rings (SSSR count). The Morgan fingerprint density at radius 1 is 1.28 bits per heavy atom. The van der Waals surface area contributed by atoms with Gasteiger partial charge >= 0.3 is 0 Å². The SMILES string of the molecule is CCCC(CBr)Cn1nnc(-c2ccccc2)n1. The summed E-state index contributed by atoms with van der Waals surface area (Å²) in [6, 6.07) is 9.93. The zero-order valence-corrected chi connectivity index (χ0v) is 12.0. The summed E-state index contributed by atoms with van der Waals surface area (Å²) in [4.78, 5) is 1.70. The van der Waals surface area contributed by atoms with Crippen molar-refractivity contribution in [2.75, 3.05) is 5.33 Å². The smallest absolute Gasteiger partial charge is 0.164 e. The Hall–Kier alpha value is -1.23. The summed E-state index contributed by atoms with van der Waals surface area (Å²) in [6.45, 7) is 3.01. The van der Waals surface area contributed by atoms with Gasteiger partial charge in [0.1, 0.15) is 0 Å². The predicted molar refractivity (Wildman–Crippen MR) is 75.4 cm³/mol. The molecule has 0 aliphatic rings. The largest absolute Gasteiger partial charge is 0.204 e. The first-order valence-corrected chi connectivity index (χ1v) is 7.34. The number of alkyl halides is 1. The molecule has 1 unspecified atom stereocenters. The van der Waals surface area contributed by atoms with Crippen molar-refractivity contribution < 1.29 is 0 Å². The quantitative estimate of drug-likeness (QED) is 0.770. The molecule has 1 aromatic carbocycles. The molecule has 1 aromatic heterocycles. The second kappa shape index (κ2) is 6.64. The molecular formula is C13H17BrN4. The molecule has 0 aliphatic carbocycles. The lowest BCUT2D eigenvalue weighted by Gasteiger charge is -2.10. The van der Waals surface area contributed by atoms with Crippen LogP contribution in [0.15, 0.2) is 30.3 Å². The van der Waals surface area contributed by atoms with Crippen LogP contribution in [-0.2, 0) is 6.54 Å². The van der Waals surface area contributed by atoms with Crippen LogP contribution >= 0.6 is 15.9 Å². The number of rotatable bonds is 6. The Kier molecular flexibility index (Phi) is 4.87. The van der Waals surface area contributed by atoms with E-state index in [-0.39, 0.29) is 0 Å². The van der Waals surface area contributed by atoms with Gasteiger partial charge in [-0.15, -0.1) is 10.2 Å². The normalized spacial score (nSPS) is 12.6. The van der Waals surface area contributed by atoms with Crippen molar-refractivity contribution in [1.29, 1.82) is 0 Å². The summed E-state index contributed by atoms with van der Waals surface area (Å²) in [5.41, 5.74) is 1.01. The molecule has 18 heavy (non-hydrogen) atoms. The second-order valence-corrected chi connectivity index (χ2v) is 4.99. The van der Waals surface area contributed by atoms with E-state index in [2.05, 4.69) is 38.3 Å². The van der Waals surface area contributed by atoms with Crippen molar-refractivity contribution in [2.24, 2.45) is 5.92 Å². The lowest BCUT2D eigenvalue weighted by molar-refractivity contribution is 0.390. The van der Waals surface area contributed by atoms with Gasteiger partial charge < -0.3 is 0 Å². The van der Waals surface area contributed by atoms with Gasteiger partial charge in [0, 0.05) is 10.9 Å². The van der Waals surface area contributed by atoms with Gasteiger partial charge in [0.05, 0.1) is 6.54 Å². The zero-order valence-electron chi connectivity index (χ0n) is 10.5. The van der Waals surface area contributed by atoms with E-state index in [0.29, 0.717) is 11.7 Å². The lowest BCUT2D eigenvalue weighted by atomic mass is 10.1. The van der Waals surface area contributed by atoms with E-state index >= 15 is 0 Å². The maximum atomic E-state index is 4.42. The number of hydrogen-bond acceptors (Lipinski definition) is 3.